The smallest absolute Gasteiger partial charge is 0.168 e. The highest BCUT2D eigenvalue weighted by atomic mass is 16.7. The molecule has 0 amide bonds. The highest BCUT2D eigenvalue weighted by molar-refractivity contribution is 5.28. The van der Waals surface area contributed by atoms with Gasteiger partial charge in [0.05, 0.1) is 0 Å². The molecule has 1 saturated carbocycles. The molecule has 0 radical (unpaired) electrons. The van der Waals surface area contributed by atoms with Gasteiger partial charge in [0.25, 0.3) is 0 Å². The number of nitrogens with one attached hydrogen (secondary N) is 1. The maximum absolute atomic E-state index is 5.49. The van der Waals surface area contributed by atoms with E-state index in [2.05, 4.69) is 35.6 Å². The predicted molar refractivity (Wildman–Crippen MR) is 65.6 cm³/mol. The van der Waals surface area contributed by atoms with Crippen molar-refractivity contribution in [2.24, 2.45) is 5.41 Å². The summed E-state index contributed by atoms with van der Waals surface area (Å²) < 4.78 is 11.0. The number of hydrogen-bond donors (Lipinski definition) is 1. The van der Waals surface area contributed by atoms with E-state index in [1.54, 1.807) is 14.2 Å². The third kappa shape index (κ3) is 1.53. The summed E-state index contributed by atoms with van der Waals surface area (Å²) in [7, 11) is 3.47. The van der Waals surface area contributed by atoms with E-state index >= 15 is 0 Å². The van der Waals surface area contributed by atoms with Crippen LogP contribution in [0.4, 0.5) is 0 Å². The fraction of sp³-hybridized carbons (Fsp3) is 0.571. The lowest BCUT2D eigenvalue weighted by Crippen LogP contribution is -2.69. The second-order valence-corrected chi connectivity index (χ2v) is 5.26. The summed E-state index contributed by atoms with van der Waals surface area (Å²) in [5, 5.41) is 3.53. The highest BCUT2D eigenvalue weighted by Crippen LogP contribution is 2.60. The van der Waals surface area contributed by atoms with E-state index in [9.17, 15) is 0 Å². The van der Waals surface area contributed by atoms with Gasteiger partial charge in [0.2, 0.25) is 0 Å². The molecule has 2 aliphatic rings. The molecule has 1 aromatic rings. The molecular weight excluding hydrogens is 214 g/mol. The second kappa shape index (κ2) is 3.80. The first kappa shape index (κ1) is 11.2. The molecule has 1 spiro atoms. The van der Waals surface area contributed by atoms with E-state index in [1.165, 1.54) is 5.56 Å². The van der Waals surface area contributed by atoms with Gasteiger partial charge in [0.15, 0.2) is 5.79 Å². The van der Waals surface area contributed by atoms with Gasteiger partial charge in [-0.2, -0.15) is 0 Å². The van der Waals surface area contributed by atoms with Gasteiger partial charge in [-0.25, -0.2) is 0 Å². The van der Waals surface area contributed by atoms with Crippen LogP contribution in [0.15, 0.2) is 30.3 Å². The van der Waals surface area contributed by atoms with Gasteiger partial charge >= 0.3 is 0 Å². The van der Waals surface area contributed by atoms with Crippen molar-refractivity contribution in [1.82, 2.24) is 5.32 Å². The molecule has 1 atom stereocenters. The average Bonchev–Trinajstić information content (AvgIpc) is 2.29. The fourth-order valence-electron chi connectivity index (χ4n) is 3.33. The fourth-order valence-corrected chi connectivity index (χ4v) is 3.33. The molecule has 3 nitrogen and oxygen atoms in total. The Morgan fingerprint density at radius 1 is 1.12 bits per heavy atom. The SMILES string of the molecule is COC1(OC)CC2(CN[C@@H]2c2ccccc2)C1. The van der Waals surface area contributed by atoms with Gasteiger partial charge in [-0.15, -0.1) is 0 Å². The minimum Gasteiger partial charge on any atom is -0.353 e. The van der Waals surface area contributed by atoms with Crippen LogP contribution in [0.2, 0.25) is 0 Å². The molecule has 1 aliphatic carbocycles. The van der Waals surface area contributed by atoms with Crippen molar-refractivity contribution in [2.75, 3.05) is 20.8 Å². The molecule has 0 bridgehead atoms. The molecular formula is C14H19NO2. The van der Waals surface area contributed by atoms with Gasteiger partial charge in [0.1, 0.15) is 0 Å². The normalized spacial score (nSPS) is 28.5. The van der Waals surface area contributed by atoms with Crippen LogP contribution in [0.3, 0.4) is 0 Å². The maximum Gasteiger partial charge on any atom is 0.168 e. The molecule has 2 fully saturated rings. The Kier molecular flexibility index (Phi) is 2.51. The van der Waals surface area contributed by atoms with Crippen LogP contribution in [0.25, 0.3) is 0 Å². The summed E-state index contributed by atoms with van der Waals surface area (Å²) in [5.41, 5.74) is 1.72. The number of ether oxygens (including phenoxy) is 2. The van der Waals surface area contributed by atoms with E-state index in [0.717, 1.165) is 19.4 Å². The van der Waals surface area contributed by atoms with Crippen LogP contribution in [0.1, 0.15) is 24.4 Å². The first-order valence-corrected chi connectivity index (χ1v) is 6.12. The lowest BCUT2D eigenvalue weighted by molar-refractivity contribution is -0.315. The van der Waals surface area contributed by atoms with Crippen LogP contribution in [0, 0.1) is 5.41 Å². The van der Waals surface area contributed by atoms with Crippen molar-refractivity contribution in [2.45, 2.75) is 24.7 Å². The number of hydrogen-bond acceptors (Lipinski definition) is 3. The summed E-state index contributed by atoms with van der Waals surface area (Å²) >= 11 is 0. The van der Waals surface area contributed by atoms with Gasteiger partial charge < -0.3 is 14.8 Å². The largest absolute Gasteiger partial charge is 0.353 e. The number of rotatable bonds is 3. The van der Waals surface area contributed by atoms with E-state index in [0.29, 0.717) is 11.5 Å². The van der Waals surface area contributed by atoms with Crippen LogP contribution in [0.5, 0.6) is 0 Å². The van der Waals surface area contributed by atoms with Crippen molar-refractivity contribution in [3.63, 3.8) is 0 Å². The zero-order chi connectivity index (χ0) is 11.9. The molecule has 1 aromatic carbocycles. The second-order valence-electron chi connectivity index (χ2n) is 5.26. The Balaban J connectivity index is 1.76. The minimum absolute atomic E-state index is 0.338. The van der Waals surface area contributed by atoms with Crippen LogP contribution in [-0.2, 0) is 9.47 Å². The van der Waals surface area contributed by atoms with Crippen LogP contribution < -0.4 is 5.32 Å². The van der Waals surface area contributed by atoms with Crippen molar-refractivity contribution < 1.29 is 9.47 Å². The quantitative estimate of drug-likeness (QED) is 0.811. The minimum atomic E-state index is -0.338. The Morgan fingerprint density at radius 3 is 2.24 bits per heavy atom. The van der Waals surface area contributed by atoms with E-state index in [4.69, 9.17) is 9.47 Å². The Bertz CT molecular complexity index is 392. The first-order valence-electron chi connectivity index (χ1n) is 6.12. The molecule has 0 unspecified atom stereocenters. The molecule has 1 N–H and O–H groups in total. The molecule has 1 aliphatic heterocycles. The van der Waals surface area contributed by atoms with Gasteiger partial charge in [-0.3, -0.25) is 0 Å². The topological polar surface area (TPSA) is 30.5 Å². The Hall–Kier alpha value is -0.900. The molecule has 1 saturated heterocycles. The van der Waals surface area contributed by atoms with Crippen molar-refractivity contribution in [1.29, 1.82) is 0 Å². The molecule has 17 heavy (non-hydrogen) atoms. The van der Waals surface area contributed by atoms with Crippen molar-refractivity contribution in [3.8, 4) is 0 Å². The number of methoxy groups -OCH3 is 2. The molecule has 1 heterocycles. The standard InChI is InChI=1S/C14H19NO2/c1-16-14(17-2)8-13(9-14)10-15-12(13)11-6-4-3-5-7-11/h3-7,12,15H,8-10H2,1-2H3/t12-/m1/s1. The van der Waals surface area contributed by atoms with Crippen LogP contribution in [-0.4, -0.2) is 26.6 Å². The van der Waals surface area contributed by atoms with Crippen molar-refractivity contribution >= 4 is 0 Å². The van der Waals surface area contributed by atoms with Gasteiger partial charge in [0, 0.05) is 45.1 Å². The third-order valence-corrected chi connectivity index (χ3v) is 4.39. The Labute approximate surface area is 102 Å². The lowest BCUT2D eigenvalue weighted by Gasteiger charge is -2.63. The highest BCUT2D eigenvalue weighted by Gasteiger charge is 2.63. The van der Waals surface area contributed by atoms with E-state index in [1.807, 2.05) is 0 Å². The number of benzene rings is 1. The third-order valence-electron chi connectivity index (χ3n) is 4.39. The Morgan fingerprint density at radius 2 is 1.76 bits per heavy atom. The monoisotopic (exact) mass is 233 g/mol. The van der Waals surface area contributed by atoms with Gasteiger partial charge in [-0.1, -0.05) is 30.3 Å². The van der Waals surface area contributed by atoms with Crippen molar-refractivity contribution in [3.05, 3.63) is 35.9 Å². The van der Waals surface area contributed by atoms with Crippen LogP contribution >= 0.6 is 0 Å². The first-order chi connectivity index (χ1) is 8.24. The lowest BCUT2D eigenvalue weighted by atomic mass is 9.54. The average molecular weight is 233 g/mol. The predicted octanol–water partition coefficient (Wildman–Crippen LogP) is 2.10. The zero-order valence-electron chi connectivity index (χ0n) is 10.4. The van der Waals surface area contributed by atoms with Gasteiger partial charge in [-0.05, 0) is 5.56 Å². The molecule has 3 rings (SSSR count). The molecule has 3 heteroatoms. The summed E-state index contributed by atoms with van der Waals surface area (Å²) in [6.07, 6.45) is 1.97. The summed E-state index contributed by atoms with van der Waals surface area (Å²) in [6.45, 7) is 1.07. The van der Waals surface area contributed by atoms with E-state index in [-0.39, 0.29) is 5.79 Å². The zero-order valence-corrected chi connectivity index (χ0v) is 10.4. The summed E-state index contributed by atoms with van der Waals surface area (Å²) in [4.78, 5) is 0. The maximum atomic E-state index is 5.49. The van der Waals surface area contributed by atoms with E-state index < -0.39 is 0 Å². The summed E-state index contributed by atoms with van der Waals surface area (Å²) in [6, 6.07) is 11.1. The molecule has 92 valence electrons. The summed E-state index contributed by atoms with van der Waals surface area (Å²) in [5.74, 6) is -0.338. The molecule has 0 aromatic heterocycles.